The van der Waals surface area contributed by atoms with E-state index in [1.54, 1.807) is 13.8 Å². The van der Waals surface area contributed by atoms with Gasteiger partial charge in [0.15, 0.2) is 0 Å². The van der Waals surface area contributed by atoms with Gasteiger partial charge < -0.3 is 10.4 Å². The Bertz CT molecular complexity index is 404. The molecule has 0 fully saturated rings. The van der Waals surface area contributed by atoms with E-state index < -0.39 is 11.5 Å². The molecule has 17 heavy (non-hydrogen) atoms. The van der Waals surface area contributed by atoms with Crippen molar-refractivity contribution < 1.29 is 14.7 Å². The Balaban J connectivity index is 2.58. The summed E-state index contributed by atoms with van der Waals surface area (Å²) >= 11 is 0. The second kappa shape index (κ2) is 5.38. The molecule has 1 rings (SSSR count). The normalized spacial score (nSPS) is 10.9. The van der Waals surface area contributed by atoms with Gasteiger partial charge in [-0.1, -0.05) is 0 Å². The fraction of sp³-hybridized carbons (Fsp3) is 0.455. The van der Waals surface area contributed by atoms with Crippen LogP contribution < -0.4 is 5.32 Å². The molecule has 1 aromatic heterocycles. The zero-order valence-electron chi connectivity index (χ0n) is 9.80. The Kier molecular flexibility index (Phi) is 4.14. The molecule has 0 spiro atoms. The number of hydrogen-bond acceptors (Lipinski definition) is 4. The molecule has 0 bridgehead atoms. The molecular weight excluding hydrogens is 222 g/mol. The summed E-state index contributed by atoms with van der Waals surface area (Å²) in [4.78, 5) is 29.7. The molecule has 0 radical (unpaired) electrons. The van der Waals surface area contributed by atoms with Gasteiger partial charge in [-0.25, -0.2) is 9.97 Å². The van der Waals surface area contributed by atoms with Crippen LogP contribution >= 0.6 is 0 Å². The Morgan fingerprint density at radius 2 is 1.94 bits per heavy atom. The summed E-state index contributed by atoms with van der Waals surface area (Å²) < 4.78 is 0. The molecule has 1 heterocycles. The number of aliphatic carboxylic acids is 1. The van der Waals surface area contributed by atoms with Gasteiger partial charge >= 0.3 is 5.97 Å². The molecule has 1 aromatic rings. The first-order valence-electron chi connectivity index (χ1n) is 5.20. The van der Waals surface area contributed by atoms with Gasteiger partial charge in [0, 0.05) is 24.4 Å². The van der Waals surface area contributed by atoms with Crippen LogP contribution in [0.15, 0.2) is 18.7 Å². The van der Waals surface area contributed by atoms with E-state index >= 15 is 0 Å². The molecule has 6 nitrogen and oxygen atoms in total. The second-order valence-corrected chi connectivity index (χ2v) is 4.36. The third-order valence-corrected chi connectivity index (χ3v) is 2.24. The van der Waals surface area contributed by atoms with E-state index in [2.05, 4.69) is 15.3 Å². The molecule has 92 valence electrons. The van der Waals surface area contributed by atoms with Crippen molar-refractivity contribution >= 4 is 11.9 Å². The van der Waals surface area contributed by atoms with Gasteiger partial charge in [0.2, 0.25) is 0 Å². The van der Waals surface area contributed by atoms with Crippen molar-refractivity contribution in [3.05, 3.63) is 24.3 Å². The highest BCUT2D eigenvalue weighted by molar-refractivity contribution is 5.94. The Labute approximate surface area is 99.1 Å². The Morgan fingerprint density at radius 3 is 2.47 bits per heavy atom. The van der Waals surface area contributed by atoms with Crippen molar-refractivity contribution in [2.24, 2.45) is 0 Å². The summed E-state index contributed by atoms with van der Waals surface area (Å²) in [5, 5.41) is 11.3. The van der Waals surface area contributed by atoms with Crippen LogP contribution in [0.25, 0.3) is 0 Å². The lowest BCUT2D eigenvalue weighted by Gasteiger charge is -2.25. The number of aromatic nitrogens is 2. The van der Waals surface area contributed by atoms with Crippen LogP contribution in [0, 0.1) is 0 Å². The number of carbonyl (C=O) groups is 2. The average molecular weight is 237 g/mol. The zero-order valence-corrected chi connectivity index (χ0v) is 9.80. The van der Waals surface area contributed by atoms with E-state index in [0.29, 0.717) is 12.0 Å². The summed E-state index contributed by atoms with van der Waals surface area (Å²) in [5.74, 6) is -1.18. The highest BCUT2D eigenvalue weighted by atomic mass is 16.4. The summed E-state index contributed by atoms with van der Waals surface area (Å²) in [6, 6.07) is 0. The highest BCUT2D eigenvalue weighted by Crippen LogP contribution is 2.12. The van der Waals surface area contributed by atoms with Crippen LogP contribution in [0.4, 0.5) is 0 Å². The van der Waals surface area contributed by atoms with Gasteiger partial charge in [-0.05, 0) is 20.3 Å². The van der Waals surface area contributed by atoms with Crippen LogP contribution in [0.2, 0.25) is 0 Å². The molecule has 0 unspecified atom stereocenters. The van der Waals surface area contributed by atoms with Crippen LogP contribution in [0.5, 0.6) is 0 Å². The number of carboxylic acid groups (broad SMARTS) is 1. The Morgan fingerprint density at radius 1 is 1.35 bits per heavy atom. The molecule has 0 saturated carbocycles. The lowest BCUT2D eigenvalue weighted by atomic mass is 9.98. The predicted octanol–water partition coefficient (Wildman–Crippen LogP) is 0.850. The van der Waals surface area contributed by atoms with Gasteiger partial charge in [-0.2, -0.15) is 0 Å². The molecule has 0 aliphatic carbocycles. The lowest BCUT2D eigenvalue weighted by molar-refractivity contribution is -0.137. The van der Waals surface area contributed by atoms with Crippen LogP contribution in [0.1, 0.15) is 37.0 Å². The third-order valence-electron chi connectivity index (χ3n) is 2.24. The molecule has 0 aliphatic heterocycles. The smallest absolute Gasteiger partial charge is 0.303 e. The number of hydrogen-bond donors (Lipinski definition) is 2. The van der Waals surface area contributed by atoms with E-state index in [0.717, 1.165) is 0 Å². The fourth-order valence-electron chi connectivity index (χ4n) is 1.28. The number of carbonyl (C=O) groups excluding carboxylic acids is 1. The van der Waals surface area contributed by atoms with Crippen molar-refractivity contribution in [1.29, 1.82) is 0 Å². The largest absolute Gasteiger partial charge is 0.481 e. The van der Waals surface area contributed by atoms with E-state index in [4.69, 9.17) is 5.11 Å². The van der Waals surface area contributed by atoms with E-state index in [-0.39, 0.29) is 12.3 Å². The maximum atomic E-state index is 11.8. The van der Waals surface area contributed by atoms with E-state index in [1.807, 2.05) is 0 Å². The van der Waals surface area contributed by atoms with E-state index in [1.165, 1.54) is 18.7 Å². The number of nitrogens with zero attached hydrogens (tertiary/aromatic N) is 2. The summed E-state index contributed by atoms with van der Waals surface area (Å²) in [7, 11) is 0. The second-order valence-electron chi connectivity index (χ2n) is 4.36. The van der Waals surface area contributed by atoms with Crippen molar-refractivity contribution in [3.8, 4) is 0 Å². The number of rotatable bonds is 5. The van der Waals surface area contributed by atoms with Crippen LogP contribution in [0.3, 0.4) is 0 Å². The molecular formula is C11H15N3O3. The van der Waals surface area contributed by atoms with Crippen LogP contribution in [-0.4, -0.2) is 32.5 Å². The Hall–Kier alpha value is -1.98. The predicted molar refractivity (Wildman–Crippen MR) is 60.4 cm³/mol. The first-order chi connectivity index (χ1) is 7.91. The first kappa shape index (κ1) is 13.1. The minimum atomic E-state index is -0.879. The van der Waals surface area contributed by atoms with Gasteiger partial charge in [0.1, 0.15) is 6.33 Å². The van der Waals surface area contributed by atoms with Gasteiger partial charge in [0.05, 0.1) is 5.56 Å². The molecule has 0 saturated heterocycles. The fourth-order valence-corrected chi connectivity index (χ4v) is 1.28. The topological polar surface area (TPSA) is 92.2 Å². The first-order valence-corrected chi connectivity index (χ1v) is 5.20. The lowest BCUT2D eigenvalue weighted by Crippen LogP contribution is -2.43. The molecule has 6 heteroatoms. The van der Waals surface area contributed by atoms with Crippen molar-refractivity contribution in [2.75, 3.05) is 0 Å². The van der Waals surface area contributed by atoms with Crippen molar-refractivity contribution in [1.82, 2.24) is 15.3 Å². The highest BCUT2D eigenvalue weighted by Gasteiger charge is 2.22. The zero-order chi connectivity index (χ0) is 12.9. The van der Waals surface area contributed by atoms with Gasteiger partial charge in [-0.15, -0.1) is 0 Å². The maximum absolute atomic E-state index is 11.8. The number of nitrogens with one attached hydrogen (secondary N) is 1. The minimum Gasteiger partial charge on any atom is -0.481 e. The van der Waals surface area contributed by atoms with Crippen molar-refractivity contribution in [2.45, 2.75) is 32.2 Å². The quantitative estimate of drug-likeness (QED) is 0.792. The van der Waals surface area contributed by atoms with Gasteiger partial charge in [0.25, 0.3) is 5.91 Å². The number of amides is 1. The SMILES string of the molecule is CC(C)(CCC(=O)O)NC(=O)c1cncnc1. The molecule has 0 atom stereocenters. The van der Waals surface area contributed by atoms with Gasteiger partial charge in [-0.3, -0.25) is 9.59 Å². The minimum absolute atomic E-state index is 0.0125. The number of carboxylic acids is 1. The monoisotopic (exact) mass is 237 g/mol. The standard InChI is InChI=1S/C11H15N3O3/c1-11(2,4-3-9(15)16)14-10(17)8-5-12-7-13-6-8/h5-7H,3-4H2,1-2H3,(H,14,17)(H,15,16). The molecule has 0 aromatic carbocycles. The third kappa shape index (κ3) is 4.58. The van der Waals surface area contributed by atoms with Crippen molar-refractivity contribution in [3.63, 3.8) is 0 Å². The molecule has 1 amide bonds. The van der Waals surface area contributed by atoms with E-state index in [9.17, 15) is 9.59 Å². The summed E-state index contributed by atoms with van der Waals surface area (Å²) in [6.45, 7) is 3.55. The molecule has 2 N–H and O–H groups in total. The van der Waals surface area contributed by atoms with Crippen LogP contribution in [-0.2, 0) is 4.79 Å². The molecule has 0 aliphatic rings. The summed E-state index contributed by atoms with van der Waals surface area (Å²) in [6.07, 6.45) is 4.54. The average Bonchev–Trinajstić information content (AvgIpc) is 2.27. The maximum Gasteiger partial charge on any atom is 0.303 e. The summed E-state index contributed by atoms with van der Waals surface area (Å²) in [5.41, 5.74) is -0.221.